The number of rotatable bonds is 9. The number of sulfone groups is 1. The molecule has 0 radical (unpaired) electrons. The Bertz CT molecular complexity index is 597. The summed E-state index contributed by atoms with van der Waals surface area (Å²) in [6.45, 7) is 6.23. The van der Waals surface area contributed by atoms with E-state index in [0.29, 0.717) is 16.5 Å². The molecule has 130 valence electrons. The lowest BCUT2D eigenvalue weighted by Gasteiger charge is -2.14. The molecule has 1 aromatic carbocycles. The van der Waals surface area contributed by atoms with E-state index in [2.05, 4.69) is 19.2 Å². The zero-order valence-corrected chi connectivity index (χ0v) is 15.6. The van der Waals surface area contributed by atoms with Gasteiger partial charge in [0.05, 0.1) is 5.75 Å². The zero-order chi connectivity index (χ0) is 17.5. The Kier molecular flexibility index (Phi) is 8.06. The van der Waals surface area contributed by atoms with Gasteiger partial charge in [-0.1, -0.05) is 50.4 Å². The molecule has 0 heterocycles. The van der Waals surface area contributed by atoms with Crippen LogP contribution >= 0.6 is 11.6 Å². The number of halogens is 1. The predicted molar refractivity (Wildman–Crippen MR) is 95.2 cm³/mol. The fourth-order valence-corrected chi connectivity index (χ4v) is 3.72. The van der Waals surface area contributed by atoms with Gasteiger partial charge in [0.1, 0.15) is 5.75 Å². The van der Waals surface area contributed by atoms with Gasteiger partial charge in [-0.3, -0.25) is 4.79 Å². The predicted octanol–water partition coefficient (Wildman–Crippen LogP) is 3.59. The molecule has 6 heteroatoms. The molecule has 1 N–H and O–H groups in total. The van der Waals surface area contributed by atoms with Gasteiger partial charge in [0.25, 0.3) is 0 Å². The summed E-state index contributed by atoms with van der Waals surface area (Å²) < 4.78 is 24.2. The number of carbonyl (C=O) groups is 1. The van der Waals surface area contributed by atoms with E-state index < -0.39 is 21.5 Å². The van der Waals surface area contributed by atoms with E-state index in [1.807, 2.05) is 6.92 Å². The Hall–Kier alpha value is -1.07. The van der Waals surface area contributed by atoms with Crippen LogP contribution in [-0.2, 0) is 20.4 Å². The maximum atomic E-state index is 12.1. The number of hydrogen-bond acceptors (Lipinski definition) is 3. The van der Waals surface area contributed by atoms with Crippen LogP contribution in [0.5, 0.6) is 0 Å². The highest BCUT2D eigenvalue weighted by molar-refractivity contribution is 7.91. The molecule has 0 spiro atoms. The van der Waals surface area contributed by atoms with Crippen LogP contribution in [0.15, 0.2) is 24.3 Å². The summed E-state index contributed by atoms with van der Waals surface area (Å²) >= 11 is 5.77. The van der Waals surface area contributed by atoms with Gasteiger partial charge in [-0.25, -0.2) is 8.42 Å². The number of hydrogen-bond donors (Lipinski definition) is 1. The summed E-state index contributed by atoms with van der Waals surface area (Å²) in [5.74, 6) is -0.433. The largest absolute Gasteiger partial charge is 0.353 e. The van der Waals surface area contributed by atoms with Crippen molar-refractivity contribution in [2.75, 3.05) is 5.75 Å². The molecule has 0 fully saturated rings. The molecule has 1 aromatic rings. The highest BCUT2D eigenvalue weighted by Gasteiger charge is 2.18. The second kappa shape index (κ2) is 9.28. The van der Waals surface area contributed by atoms with Crippen LogP contribution in [0.3, 0.4) is 0 Å². The Balaban J connectivity index is 2.43. The molecule has 0 saturated heterocycles. The molecule has 1 unspecified atom stereocenters. The fraction of sp³-hybridized carbons (Fsp3) is 0.588. The lowest BCUT2D eigenvalue weighted by molar-refractivity contribution is -0.119. The van der Waals surface area contributed by atoms with Crippen molar-refractivity contribution in [3.05, 3.63) is 34.9 Å². The van der Waals surface area contributed by atoms with Gasteiger partial charge in [-0.2, -0.15) is 0 Å². The smallest absolute Gasteiger partial charge is 0.235 e. The van der Waals surface area contributed by atoms with Crippen LogP contribution in [0.25, 0.3) is 0 Å². The summed E-state index contributed by atoms with van der Waals surface area (Å²) in [6.07, 6.45) is 2.99. The van der Waals surface area contributed by atoms with Crippen molar-refractivity contribution in [2.45, 2.75) is 51.8 Å². The zero-order valence-electron chi connectivity index (χ0n) is 14.0. The van der Waals surface area contributed by atoms with Crippen molar-refractivity contribution < 1.29 is 13.2 Å². The molecule has 1 amide bonds. The maximum Gasteiger partial charge on any atom is 0.235 e. The van der Waals surface area contributed by atoms with Gasteiger partial charge in [0.15, 0.2) is 9.84 Å². The highest BCUT2D eigenvalue weighted by atomic mass is 35.5. The van der Waals surface area contributed by atoms with Gasteiger partial charge in [0.2, 0.25) is 5.91 Å². The normalized spacial score (nSPS) is 13.1. The van der Waals surface area contributed by atoms with Crippen LogP contribution in [0, 0.1) is 5.92 Å². The van der Waals surface area contributed by atoms with Gasteiger partial charge >= 0.3 is 0 Å². The molecule has 4 nitrogen and oxygen atoms in total. The van der Waals surface area contributed by atoms with E-state index >= 15 is 0 Å². The molecule has 0 aliphatic rings. The van der Waals surface area contributed by atoms with Crippen molar-refractivity contribution in [3.8, 4) is 0 Å². The van der Waals surface area contributed by atoms with Gasteiger partial charge in [0, 0.05) is 11.1 Å². The lowest BCUT2D eigenvalue weighted by atomic mass is 10.0. The second-order valence-corrected chi connectivity index (χ2v) is 8.95. The monoisotopic (exact) mass is 359 g/mol. The van der Waals surface area contributed by atoms with Crippen LogP contribution in [-0.4, -0.2) is 26.1 Å². The van der Waals surface area contributed by atoms with Crippen LogP contribution in [0.2, 0.25) is 5.02 Å². The Labute approximate surface area is 144 Å². The average molecular weight is 360 g/mol. The van der Waals surface area contributed by atoms with Crippen molar-refractivity contribution in [3.63, 3.8) is 0 Å². The standard InChI is InChI=1S/C17H26ClNO3S/c1-13(2)5-4-6-14(3)19-17(20)12-23(21,22)11-15-7-9-16(18)10-8-15/h7-10,13-14H,4-6,11-12H2,1-3H3,(H,19,20). The number of benzene rings is 1. The molecule has 23 heavy (non-hydrogen) atoms. The van der Waals surface area contributed by atoms with Crippen molar-refractivity contribution in [1.29, 1.82) is 0 Å². The van der Waals surface area contributed by atoms with E-state index in [-0.39, 0.29) is 11.8 Å². The second-order valence-electron chi connectivity index (χ2n) is 6.45. The first-order valence-corrected chi connectivity index (χ1v) is 10.1. The van der Waals surface area contributed by atoms with E-state index in [0.717, 1.165) is 19.3 Å². The summed E-state index contributed by atoms with van der Waals surface area (Å²) in [5.41, 5.74) is 0.632. The Morgan fingerprint density at radius 1 is 1.13 bits per heavy atom. The van der Waals surface area contributed by atoms with E-state index in [1.54, 1.807) is 24.3 Å². The van der Waals surface area contributed by atoms with E-state index in [4.69, 9.17) is 11.6 Å². The minimum absolute atomic E-state index is 0.00742. The van der Waals surface area contributed by atoms with E-state index in [1.165, 1.54) is 0 Å². The number of amides is 1. The first kappa shape index (κ1) is 20.0. The molecule has 1 atom stereocenters. The third-order valence-corrected chi connectivity index (χ3v) is 5.20. The molecule has 0 saturated carbocycles. The summed E-state index contributed by atoms with van der Waals surface area (Å²) in [7, 11) is -3.48. The molecule has 0 aliphatic heterocycles. The number of carbonyl (C=O) groups excluding carboxylic acids is 1. The summed E-state index contributed by atoms with van der Waals surface area (Å²) in [4.78, 5) is 11.9. The third-order valence-electron chi connectivity index (χ3n) is 3.48. The molecule has 0 aromatic heterocycles. The maximum absolute atomic E-state index is 12.1. The molecular weight excluding hydrogens is 334 g/mol. The topological polar surface area (TPSA) is 63.2 Å². The van der Waals surface area contributed by atoms with Crippen molar-refractivity contribution in [1.82, 2.24) is 5.32 Å². The first-order chi connectivity index (χ1) is 10.7. The highest BCUT2D eigenvalue weighted by Crippen LogP contribution is 2.13. The van der Waals surface area contributed by atoms with Gasteiger partial charge in [-0.05, 0) is 37.0 Å². The molecule has 0 bridgehead atoms. The van der Waals surface area contributed by atoms with E-state index in [9.17, 15) is 13.2 Å². The Morgan fingerprint density at radius 2 is 1.74 bits per heavy atom. The SMILES string of the molecule is CC(C)CCCC(C)NC(=O)CS(=O)(=O)Cc1ccc(Cl)cc1. The number of nitrogens with one attached hydrogen (secondary N) is 1. The molecular formula is C17H26ClNO3S. The lowest BCUT2D eigenvalue weighted by Crippen LogP contribution is -2.37. The Morgan fingerprint density at radius 3 is 2.30 bits per heavy atom. The van der Waals surface area contributed by atoms with Crippen LogP contribution < -0.4 is 5.32 Å². The first-order valence-electron chi connectivity index (χ1n) is 7.92. The molecule has 0 aliphatic carbocycles. The summed E-state index contributed by atoms with van der Waals surface area (Å²) in [6, 6.07) is 6.59. The van der Waals surface area contributed by atoms with Crippen molar-refractivity contribution >= 4 is 27.3 Å². The van der Waals surface area contributed by atoms with Gasteiger partial charge in [-0.15, -0.1) is 0 Å². The minimum atomic E-state index is -3.48. The van der Waals surface area contributed by atoms with Crippen LogP contribution in [0.1, 0.15) is 45.6 Å². The third kappa shape index (κ3) is 8.96. The average Bonchev–Trinajstić information content (AvgIpc) is 2.39. The van der Waals surface area contributed by atoms with Crippen LogP contribution in [0.4, 0.5) is 0 Å². The fourth-order valence-electron chi connectivity index (χ4n) is 2.31. The quantitative estimate of drug-likeness (QED) is 0.732. The minimum Gasteiger partial charge on any atom is -0.353 e. The summed E-state index contributed by atoms with van der Waals surface area (Å²) in [5, 5.41) is 3.32. The van der Waals surface area contributed by atoms with Crippen molar-refractivity contribution in [2.24, 2.45) is 5.92 Å². The molecule has 1 rings (SSSR count). The van der Waals surface area contributed by atoms with Gasteiger partial charge < -0.3 is 5.32 Å².